The lowest BCUT2D eigenvalue weighted by Gasteiger charge is -2.29. The van der Waals surface area contributed by atoms with Gasteiger partial charge in [0.1, 0.15) is 4.75 Å². The summed E-state index contributed by atoms with van der Waals surface area (Å²) in [4.78, 5) is 16.0. The first-order chi connectivity index (χ1) is 11.8. The number of nitrogens with one attached hydrogen (secondary N) is 1. The zero-order chi connectivity index (χ0) is 20.1. The van der Waals surface area contributed by atoms with Gasteiger partial charge in [0.05, 0.1) is 24.4 Å². The maximum Gasteiger partial charge on any atom is 0.337 e. The minimum atomic E-state index is -1.35. The van der Waals surface area contributed by atoms with Gasteiger partial charge in [0.2, 0.25) is 5.88 Å². The van der Waals surface area contributed by atoms with E-state index in [1.807, 2.05) is 20.8 Å². The lowest BCUT2D eigenvalue weighted by atomic mass is 9.88. The SMILES string of the molecule is COc1ccc(C(=O)O)c(C(CCCC(C)(C)C)N[S+]([O-])C(C)(C)C)n1. The maximum atomic E-state index is 12.6. The first kappa shape index (κ1) is 22.7. The van der Waals surface area contributed by atoms with Crippen molar-refractivity contribution in [1.82, 2.24) is 9.71 Å². The first-order valence-corrected chi connectivity index (χ1v) is 9.96. The third-order valence-electron chi connectivity index (χ3n) is 3.89. The van der Waals surface area contributed by atoms with Crippen molar-refractivity contribution in [3.63, 3.8) is 0 Å². The molecule has 0 aliphatic carbocycles. The third-order valence-corrected chi connectivity index (χ3v) is 5.50. The van der Waals surface area contributed by atoms with E-state index in [2.05, 4.69) is 30.5 Å². The quantitative estimate of drug-likeness (QED) is 0.655. The molecule has 7 heteroatoms. The number of carbonyl (C=O) groups is 1. The topological polar surface area (TPSA) is 94.5 Å². The molecule has 26 heavy (non-hydrogen) atoms. The normalized spacial score (nSPS) is 14.8. The molecule has 0 bridgehead atoms. The number of hydrogen-bond acceptors (Lipinski definition) is 5. The molecule has 0 radical (unpaired) electrons. The molecule has 0 aromatic carbocycles. The van der Waals surface area contributed by atoms with Crippen LogP contribution in [0.5, 0.6) is 5.88 Å². The summed E-state index contributed by atoms with van der Waals surface area (Å²) in [5.41, 5.74) is 0.638. The van der Waals surface area contributed by atoms with Gasteiger partial charge in [-0.25, -0.2) is 9.78 Å². The number of pyridine rings is 1. The summed E-state index contributed by atoms with van der Waals surface area (Å²) in [6, 6.07) is 2.58. The van der Waals surface area contributed by atoms with Crippen LogP contribution in [0.15, 0.2) is 12.1 Å². The van der Waals surface area contributed by atoms with Crippen LogP contribution in [0, 0.1) is 5.41 Å². The Morgan fingerprint density at radius 3 is 2.38 bits per heavy atom. The van der Waals surface area contributed by atoms with Gasteiger partial charge in [0.15, 0.2) is 0 Å². The summed E-state index contributed by atoms with van der Waals surface area (Å²) in [5.74, 6) is -0.714. The van der Waals surface area contributed by atoms with E-state index in [0.29, 0.717) is 18.0 Å². The van der Waals surface area contributed by atoms with Crippen LogP contribution in [-0.2, 0) is 11.4 Å². The molecule has 1 aromatic heterocycles. The molecular formula is C19H32N2O4S. The van der Waals surface area contributed by atoms with Crippen molar-refractivity contribution in [3.8, 4) is 5.88 Å². The molecule has 0 amide bonds. The van der Waals surface area contributed by atoms with E-state index in [9.17, 15) is 14.5 Å². The molecule has 2 N–H and O–H groups in total. The Morgan fingerprint density at radius 1 is 1.31 bits per heavy atom. The second kappa shape index (κ2) is 9.06. The molecule has 148 valence electrons. The fourth-order valence-corrected chi connectivity index (χ4v) is 3.25. The smallest absolute Gasteiger partial charge is 0.337 e. The van der Waals surface area contributed by atoms with Crippen LogP contribution in [0.4, 0.5) is 0 Å². The summed E-state index contributed by atoms with van der Waals surface area (Å²) in [5, 5.41) is 9.54. The number of nitrogens with zero attached hydrogens (tertiary/aromatic N) is 1. The molecular weight excluding hydrogens is 352 g/mol. The van der Waals surface area contributed by atoms with E-state index < -0.39 is 28.1 Å². The van der Waals surface area contributed by atoms with Gasteiger partial charge in [0, 0.05) is 17.4 Å². The van der Waals surface area contributed by atoms with E-state index in [1.165, 1.54) is 19.2 Å². The van der Waals surface area contributed by atoms with Crippen molar-refractivity contribution in [3.05, 3.63) is 23.4 Å². The Bertz CT molecular complexity index is 609. The van der Waals surface area contributed by atoms with Gasteiger partial charge in [-0.3, -0.25) is 0 Å². The third kappa shape index (κ3) is 7.13. The van der Waals surface area contributed by atoms with Crippen LogP contribution in [-0.4, -0.2) is 32.5 Å². The fourth-order valence-electron chi connectivity index (χ4n) is 2.41. The second-order valence-electron chi connectivity index (χ2n) is 8.60. The minimum absolute atomic E-state index is 0.102. The predicted octanol–water partition coefficient (Wildman–Crippen LogP) is 4.10. The molecule has 0 spiro atoms. The fraction of sp³-hybridized carbons (Fsp3) is 0.684. The molecule has 0 saturated carbocycles. The Hall–Kier alpha value is -1.31. The van der Waals surface area contributed by atoms with Crippen LogP contribution in [0.3, 0.4) is 0 Å². The summed E-state index contributed by atoms with van der Waals surface area (Å²) in [6.45, 7) is 12.1. The van der Waals surface area contributed by atoms with Gasteiger partial charge < -0.3 is 14.4 Å². The monoisotopic (exact) mass is 384 g/mol. The van der Waals surface area contributed by atoms with E-state index in [1.54, 1.807) is 0 Å². The molecule has 0 fully saturated rings. The van der Waals surface area contributed by atoms with E-state index >= 15 is 0 Å². The van der Waals surface area contributed by atoms with Crippen molar-refractivity contribution < 1.29 is 19.2 Å². The predicted molar refractivity (Wildman–Crippen MR) is 105 cm³/mol. The number of ether oxygens (including phenoxy) is 1. The number of hydrogen-bond donors (Lipinski definition) is 2. The average molecular weight is 385 g/mol. The number of carboxylic acids is 1. The van der Waals surface area contributed by atoms with Crippen LogP contribution in [0.1, 0.15) is 82.9 Å². The van der Waals surface area contributed by atoms with Gasteiger partial charge in [-0.05, 0) is 45.1 Å². The highest BCUT2D eigenvalue weighted by Gasteiger charge is 2.32. The van der Waals surface area contributed by atoms with Crippen molar-refractivity contribution >= 4 is 17.3 Å². The molecule has 1 rings (SSSR count). The zero-order valence-electron chi connectivity index (χ0n) is 16.9. The highest BCUT2D eigenvalue weighted by Crippen LogP contribution is 2.30. The number of aromatic nitrogens is 1. The van der Waals surface area contributed by atoms with E-state index in [0.717, 1.165) is 12.8 Å². The lowest BCUT2D eigenvalue weighted by molar-refractivity contribution is 0.0694. The zero-order valence-corrected chi connectivity index (χ0v) is 17.7. The summed E-state index contributed by atoms with van der Waals surface area (Å²) in [7, 11) is 1.49. The van der Waals surface area contributed by atoms with Gasteiger partial charge in [0.25, 0.3) is 0 Å². The first-order valence-electron chi connectivity index (χ1n) is 8.81. The van der Waals surface area contributed by atoms with Gasteiger partial charge in [-0.15, -0.1) is 4.72 Å². The number of rotatable bonds is 8. The molecule has 1 heterocycles. The largest absolute Gasteiger partial charge is 0.598 e. The van der Waals surface area contributed by atoms with Crippen LogP contribution < -0.4 is 9.46 Å². The molecule has 2 atom stereocenters. The summed E-state index contributed by atoms with van der Waals surface area (Å²) < 4.78 is 20.4. The highest BCUT2D eigenvalue weighted by atomic mass is 32.2. The molecule has 0 aliphatic rings. The van der Waals surface area contributed by atoms with Crippen molar-refractivity contribution in [1.29, 1.82) is 0 Å². The summed E-state index contributed by atoms with van der Waals surface area (Å²) >= 11 is -1.35. The standard InChI is InChI=1S/C19H32N2O4S/c1-18(2,3)12-8-9-14(21-26(24)19(4,5)6)16-13(17(22)23)10-11-15(20-16)25-7/h10-11,14,21H,8-9,12H2,1-7H3,(H,22,23). The second-order valence-corrected chi connectivity index (χ2v) is 10.6. The maximum absolute atomic E-state index is 12.6. The number of aromatic carboxylic acids is 1. The number of methoxy groups -OCH3 is 1. The summed E-state index contributed by atoms with van der Waals surface area (Å²) in [6.07, 6.45) is 2.47. The van der Waals surface area contributed by atoms with E-state index in [4.69, 9.17) is 4.74 Å². The molecule has 0 aliphatic heterocycles. The highest BCUT2D eigenvalue weighted by molar-refractivity contribution is 7.90. The van der Waals surface area contributed by atoms with Crippen molar-refractivity contribution in [2.24, 2.45) is 5.41 Å². The molecule has 2 unspecified atom stereocenters. The minimum Gasteiger partial charge on any atom is -0.598 e. The molecule has 6 nitrogen and oxygen atoms in total. The van der Waals surface area contributed by atoms with Gasteiger partial charge in [-0.1, -0.05) is 27.2 Å². The van der Waals surface area contributed by atoms with Gasteiger partial charge in [-0.2, -0.15) is 0 Å². The Morgan fingerprint density at radius 2 is 1.92 bits per heavy atom. The van der Waals surface area contributed by atoms with Crippen LogP contribution >= 0.6 is 0 Å². The Balaban J connectivity index is 3.19. The van der Waals surface area contributed by atoms with E-state index in [-0.39, 0.29) is 11.0 Å². The van der Waals surface area contributed by atoms with Crippen LogP contribution in [0.25, 0.3) is 0 Å². The Kier molecular flexibility index (Phi) is 7.92. The number of carboxylic acid groups (broad SMARTS) is 1. The van der Waals surface area contributed by atoms with Crippen molar-refractivity contribution in [2.45, 2.75) is 71.6 Å². The molecule has 1 aromatic rings. The van der Waals surface area contributed by atoms with Gasteiger partial charge >= 0.3 is 5.97 Å². The Labute approximate surface area is 160 Å². The average Bonchev–Trinajstić information content (AvgIpc) is 2.50. The van der Waals surface area contributed by atoms with Crippen molar-refractivity contribution in [2.75, 3.05) is 7.11 Å². The lowest BCUT2D eigenvalue weighted by Crippen LogP contribution is -2.42. The molecule has 0 saturated heterocycles. The van der Waals surface area contributed by atoms with Crippen LogP contribution in [0.2, 0.25) is 0 Å².